The maximum Gasteiger partial charge on any atom is 0.251 e. The smallest absolute Gasteiger partial charge is 0.251 e. The first-order chi connectivity index (χ1) is 18.0. The zero-order chi connectivity index (χ0) is 26.0. The average molecular weight is 507 g/mol. The van der Waals surface area contributed by atoms with Gasteiger partial charge in [-0.25, -0.2) is 0 Å². The molecule has 37 heavy (non-hydrogen) atoms. The van der Waals surface area contributed by atoms with Gasteiger partial charge in [0, 0.05) is 37.8 Å². The molecule has 2 aromatic carbocycles. The normalized spacial score (nSPS) is 21.0. The van der Waals surface area contributed by atoms with Crippen LogP contribution in [0.25, 0.3) is 10.8 Å². The summed E-state index contributed by atoms with van der Waals surface area (Å²) in [5, 5.41) is 8.79. The van der Waals surface area contributed by atoms with E-state index in [9.17, 15) is 9.59 Å². The van der Waals surface area contributed by atoms with Gasteiger partial charge in [0.1, 0.15) is 0 Å². The summed E-state index contributed by atoms with van der Waals surface area (Å²) in [5.74, 6) is 0.865. The molecule has 1 heterocycles. The number of nitrogens with two attached hydrogens (primary N) is 2. The van der Waals surface area contributed by atoms with Crippen LogP contribution in [-0.4, -0.2) is 60.9 Å². The number of amides is 2. The van der Waals surface area contributed by atoms with Crippen LogP contribution in [0.2, 0.25) is 0 Å². The Balaban J connectivity index is 1.36. The van der Waals surface area contributed by atoms with Crippen LogP contribution in [0, 0.1) is 5.92 Å². The summed E-state index contributed by atoms with van der Waals surface area (Å²) in [4.78, 5) is 32.5. The highest BCUT2D eigenvalue weighted by Crippen LogP contribution is 2.27. The Morgan fingerprint density at radius 2 is 1.81 bits per heavy atom. The molecule has 200 valence electrons. The van der Waals surface area contributed by atoms with Crippen LogP contribution in [0.1, 0.15) is 68.1 Å². The highest BCUT2D eigenvalue weighted by atomic mass is 16.2. The highest BCUT2D eigenvalue weighted by Gasteiger charge is 2.31. The monoisotopic (exact) mass is 506 g/mol. The first-order valence-electron chi connectivity index (χ1n) is 13.9. The molecule has 1 aliphatic heterocycles. The van der Waals surface area contributed by atoms with Crippen molar-refractivity contribution in [1.82, 2.24) is 15.5 Å². The van der Waals surface area contributed by atoms with Crippen molar-refractivity contribution < 1.29 is 9.59 Å². The van der Waals surface area contributed by atoms with Crippen molar-refractivity contribution in [3.63, 3.8) is 0 Å². The van der Waals surface area contributed by atoms with E-state index in [2.05, 4.69) is 15.6 Å². The van der Waals surface area contributed by atoms with Crippen molar-refractivity contribution in [2.24, 2.45) is 22.4 Å². The van der Waals surface area contributed by atoms with Crippen molar-refractivity contribution in [3.8, 4) is 0 Å². The molecule has 0 bridgehead atoms. The summed E-state index contributed by atoms with van der Waals surface area (Å²) < 4.78 is 0. The molecular formula is C29H42N6O2. The molecule has 1 saturated heterocycles. The Bertz CT molecular complexity index is 1080. The van der Waals surface area contributed by atoms with Gasteiger partial charge in [0.05, 0.1) is 6.04 Å². The van der Waals surface area contributed by atoms with E-state index in [4.69, 9.17) is 11.5 Å². The van der Waals surface area contributed by atoms with E-state index in [0.29, 0.717) is 38.0 Å². The van der Waals surface area contributed by atoms with Crippen LogP contribution >= 0.6 is 0 Å². The fourth-order valence-electron chi connectivity index (χ4n) is 5.64. The lowest BCUT2D eigenvalue weighted by molar-refractivity contribution is -0.133. The minimum absolute atomic E-state index is 0.0149. The minimum atomic E-state index is -0.300. The fourth-order valence-corrected chi connectivity index (χ4v) is 5.64. The molecule has 0 aromatic heterocycles. The first-order valence-corrected chi connectivity index (χ1v) is 13.9. The molecule has 8 nitrogen and oxygen atoms in total. The molecule has 6 N–H and O–H groups in total. The second-order valence-corrected chi connectivity index (χ2v) is 10.5. The molecule has 2 amide bonds. The fraction of sp³-hybridized carbons (Fsp3) is 0.552. The lowest BCUT2D eigenvalue weighted by Gasteiger charge is -2.28. The topological polar surface area (TPSA) is 126 Å². The van der Waals surface area contributed by atoms with Gasteiger partial charge in [-0.2, -0.15) is 0 Å². The number of rotatable bonds is 10. The Kier molecular flexibility index (Phi) is 9.77. The third-order valence-electron chi connectivity index (χ3n) is 7.79. The van der Waals surface area contributed by atoms with Crippen molar-refractivity contribution in [2.45, 2.75) is 69.9 Å². The Morgan fingerprint density at radius 3 is 2.59 bits per heavy atom. The van der Waals surface area contributed by atoms with Gasteiger partial charge in [0.15, 0.2) is 5.96 Å². The number of carbonyl (C=O) groups excluding carboxylic acids is 2. The number of hydrogen-bond acceptors (Lipinski definition) is 4. The minimum Gasteiger partial charge on any atom is -0.370 e. The second kappa shape index (κ2) is 13.4. The summed E-state index contributed by atoms with van der Waals surface area (Å²) in [6.45, 7) is 2.49. The van der Waals surface area contributed by atoms with Gasteiger partial charge in [0.2, 0.25) is 5.91 Å². The lowest BCUT2D eigenvalue weighted by atomic mass is 9.87. The molecule has 0 radical (unpaired) electrons. The standard InChI is InChI=1S/C29H42N6O2/c30-29(31)32-16-6-11-26-28(37)35(17-14-21-7-2-1-3-8-21)18-15-25(34-26)20-33-27(36)24-13-12-22-9-4-5-10-23(22)19-24/h4-5,9-10,12-13,19,21,25-26,34H,1-3,6-8,11,14-18,20H2,(H,33,36)(H4,30,31,32). The SMILES string of the molecule is NC(N)=NCCCC1NC(CNC(=O)c2ccc3ccccc3c2)CCN(CCC2CCCCC2)C1=O. The molecule has 0 spiro atoms. The number of benzene rings is 2. The lowest BCUT2D eigenvalue weighted by Crippen LogP contribution is -2.49. The van der Waals surface area contributed by atoms with Crippen LogP contribution in [-0.2, 0) is 4.79 Å². The third kappa shape index (κ3) is 7.92. The Hall–Kier alpha value is -3.13. The van der Waals surface area contributed by atoms with Crippen molar-refractivity contribution in [2.75, 3.05) is 26.2 Å². The van der Waals surface area contributed by atoms with E-state index in [1.807, 2.05) is 47.4 Å². The van der Waals surface area contributed by atoms with Gasteiger partial charge < -0.3 is 27.0 Å². The average Bonchev–Trinajstić information content (AvgIpc) is 3.07. The van der Waals surface area contributed by atoms with E-state index in [-0.39, 0.29) is 29.9 Å². The van der Waals surface area contributed by atoms with Gasteiger partial charge in [-0.05, 0) is 54.5 Å². The van der Waals surface area contributed by atoms with Crippen LogP contribution in [0.15, 0.2) is 47.5 Å². The summed E-state index contributed by atoms with van der Waals surface area (Å²) in [6, 6.07) is 13.5. The van der Waals surface area contributed by atoms with Crippen molar-refractivity contribution >= 4 is 28.5 Å². The molecule has 1 aliphatic carbocycles. The van der Waals surface area contributed by atoms with Gasteiger partial charge in [-0.15, -0.1) is 0 Å². The maximum absolute atomic E-state index is 13.5. The Morgan fingerprint density at radius 1 is 1.03 bits per heavy atom. The number of guanidine groups is 1. The summed E-state index contributed by atoms with van der Waals surface area (Å²) >= 11 is 0. The number of carbonyl (C=O) groups is 2. The van der Waals surface area contributed by atoms with E-state index in [1.54, 1.807) is 0 Å². The van der Waals surface area contributed by atoms with Crippen LogP contribution < -0.4 is 22.1 Å². The summed E-state index contributed by atoms with van der Waals surface area (Å²) in [7, 11) is 0. The molecule has 4 rings (SSSR count). The zero-order valence-corrected chi connectivity index (χ0v) is 21.8. The van der Waals surface area contributed by atoms with Crippen LogP contribution in [0.4, 0.5) is 0 Å². The highest BCUT2D eigenvalue weighted by molar-refractivity contribution is 5.98. The van der Waals surface area contributed by atoms with Crippen molar-refractivity contribution in [3.05, 3.63) is 48.0 Å². The van der Waals surface area contributed by atoms with Crippen molar-refractivity contribution in [1.29, 1.82) is 0 Å². The number of nitrogens with one attached hydrogen (secondary N) is 2. The van der Waals surface area contributed by atoms with Gasteiger partial charge in [-0.1, -0.05) is 62.4 Å². The number of nitrogens with zero attached hydrogens (tertiary/aromatic N) is 2. The van der Waals surface area contributed by atoms with E-state index in [0.717, 1.165) is 36.1 Å². The van der Waals surface area contributed by atoms with Gasteiger partial charge in [-0.3, -0.25) is 14.6 Å². The maximum atomic E-state index is 13.5. The van der Waals surface area contributed by atoms with Gasteiger partial charge in [0.25, 0.3) is 5.91 Å². The summed E-state index contributed by atoms with van der Waals surface area (Å²) in [6.07, 6.45) is 9.79. The molecule has 1 saturated carbocycles. The predicted octanol–water partition coefficient (Wildman–Crippen LogP) is 3.15. The number of hydrogen-bond donors (Lipinski definition) is 4. The number of fused-ring (bicyclic) bond motifs is 1. The molecular weight excluding hydrogens is 464 g/mol. The van der Waals surface area contributed by atoms with E-state index in [1.165, 1.54) is 32.1 Å². The summed E-state index contributed by atoms with van der Waals surface area (Å²) in [5.41, 5.74) is 11.6. The van der Waals surface area contributed by atoms with E-state index < -0.39 is 0 Å². The number of aliphatic imine (C=N–C) groups is 1. The second-order valence-electron chi connectivity index (χ2n) is 10.5. The van der Waals surface area contributed by atoms with Gasteiger partial charge >= 0.3 is 0 Å². The predicted molar refractivity (Wildman–Crippen MR) is 149 cm³/mol. The van der Waals surface area contributed by atoms with Crippen LogP contribution in [0.3, 0.4) is 0 Å². The molecule has 8 heteroatoms. The molecule has 2 aliphatic rings. The molecule has 2 fully saturated rings. The Labute approximate surface area is 220 Å². The zero-order valence-electron chi connectivity index (χ0n) is 21.8. The van der Waals surface area contributed by atoms with Crippen LogP contribution in [0.5, 0.6) is 0 Å². The quantitative estimate of drug-likeness (QED) is 0.224. The third-order valence-corrected chi connectivity index (χ3v) is 7.79. The van der Waals surface area contributed by atoms with E-state index >= 15 is 0 Å². The molecule has 2 unspecified atom stereocenters. The molecule has 2 aromatic rings. The molecule has 2 atom stereocenters. The first kappa shape index (κ1) is 26.9. The largest absolute Gasteiger partial charge is 0.370 e.